The maximum Gasteiger partial charge on any atom is 0.269 e. The molecule has 0 aliphatic heterocycles. The Morgan fingerprint density at radius 2 is 2.23 bits per heavy atom. The standard InChI is InChI=1S/C6H5ClFNO3S/c1-12-4-2-3-9-6(8)5(4)13(7,10)11/h2-3H,1H3. The normalized spacial score (nSPS) is 11.3. The molecule has 0 saturated carbocycles. The maximum atomic E-state index is 12.9. The van der Waals surface area contributed by atoms with E-state index in [-0.39, 0.29) is 5.75 Å². The first-order chi connectivity index (χ1) is 5.96. The van der Waals surface area contributed by atoms with Crippen molar-refractivity contribution in [1.82, 2.24) is 4.98 Å². The predicted molar refractivity (Wildman–Crippen MR) is 43.8 cm³/mol. The van der Waals surface area contributed by atoms with Crippen LogP contribution in [0.1, 0.15) is 0 Å². The van der Waals surface area contributed by atoms with Gasteiger partial charge in [-0.1, -0.05) is 0 Å². The lowest BCUT2D eigenvalue weighted by atomic mass is 10.4. The molecule has 0 bridgehead atoms. The lowest BCUT2D eigenvalue weighted by Gasteiger charge is -2.04. The summed E-state index contributed by atoms with van der Waals surface area (Å²) in [6, 6.07) is 1.21. The molecule has 0 amide bonds. The molecule has 1 aromatic heterocycles. The SMILES string of the molecule is COc1ccnc(F)c1S(=O)(=O)Cl. The van der Waals surface area contributed by atoms with Crippen molar-refractivity contribution in [1.29, 1.82) is 0 Å². The molecule has 0 fully saturated rings. The van der Waals surface area contributed by atoms with Crippen LogP contribution in [0.5, 0.6) is 5.75 Å². The van der Waals surface area contributed by atoms with Gasteiger partial charge >= 0.3 is 0 Å². The largest absolute Gasteiger partial charge is 0.495 e. The van der Waals surface area contributed by atoms with Crippen molar-refractivity contribution < 1.29 is 17.5 Å². The first kappa shape index (κ1) is 10.2. The fourth-order valence-corrected chi connectivity index (χ4v) is 1.85. The van der Waals surface area contributed by atoms with Crippen LogP contribution in [-0.2, 0) is 9.05 Å². The zero-order valence-corrected chi connectivity index (χ0v) is 8.06. The summed E-state index contributed by atoms with van der Waals surface area (Å²) in [5.41, 5.74) is 0. The summed E-state index contributed by atoms with van der Waals surface area (Å²) in [5, 5.41) is 0. The van der Waals surface area contributed by atoms with Crippen LogP contribution in [0.15, 0.2) is 17.2 Å². The molecule has 4 nitrogen and oxygen atoms in total. The molecule has 0 N–H and O–H groups in total. The number of aromatic nitrogens is 1. The summed E-state index contributed by atoms with van der Waals surface area (Å²) in [7, 11) is 2.00. The Kier molecular flexibility index (Phi) is 2.72. The number of rotatable bonds is 2. The van der Waals surface area contributed by atoms with Crippen LogP contribution < -0.4 is 4.74 Å². The summed E-state index contributed by atoms with van der Waals surface area (Å²) in [6.07, 6.45) is 1.08. The number of ether oxygens (including phenoxy) is 1. The van der Waals surface area contributed by atoms with Crippen LogP contribution in [0, 0.1) is 5.95 Å². The first-order valence-corrected chi connectivity index (χ1v) is 5.41. The van der Waals surface area contributed by atoms with E-state index in [1.54, 1.807) is 0 Å². The van der Waals surface area contributed by atoms with Crippen LogP contribution in [0.3, 0.4) is 0 Å². The van der Waals surface area contributed by atoms with Crippen LogP contribution >= 0.6 is 10.7 Å². The number of halogens is 2. The molecule has 1 rings (SSSR count). The zero-order valence-electron chi connectivity index (χ0n) is 6.49. The molecule has 0 radical (unpaired) electrons. The average molecular weight is 226 g/mol. The predicted octanol–water partition coefficient (Wildman–Crippen LogP) is 1.16. The molecule has 1 heterocycles. The fourth-order valence-electron chi connectivity index (χ4n) is 0.788. The van der Waals surface area contributed by atoms with E-state index in [0.717, 1.165) is 6.20 Å². The average Bonchev–Trinajstić information content (AvgIpc) is 2.01. The topological polar surface area (TPSA) is 56.3 Å². The van der Waals surface area contributed by atoms with E-state index in [0.29, 0.717) is 0 Å². The highest BCUT2D eigenvalue weighted by molar-refractivity contribution is 8.13. The van der Waals surface area contributed by atoms with Crippen molar-refractivity contribution in [3.8, 4) is 5.75 Å². The van der Waals surface area contributed by atoms with E-state index in [9.17, 15) is 12.8 Å². The molecule has 0 aliphatic rings. The molecular formula is C6H5ClFNO3S. The van der Waals surface area contributed by atoms with Gasteiger partial charge in [0, 0.05) is 22.9 Å². The molecule has 72 valence electrons. The molecule has 0 unspecified atom stereocenters. The van der Waals surface area contributed by atoms with E-state index in [4.69, 9.17) is 10.7 Å². The third-order valence-corrected chi connectivity index (χ3v) is 2.61. The van der Waals surface area contributed by atoms with Crippen molar-refractivity contribution in [2.75, 3.05) is 7.11 Å². The van der Waals surface area contributed by atoms with Crippen LogP contribution in [0.2, 0.25) is 0 Å². The molecule has 13 heavy (non-hydrogen) atoms. The van der Waals surface area contributed by atoms with Crippen molar-refractivity contribution in [3.05, 3.63) is 18.2 Å². The summed E-state index contributed by atoms with van der Waals surface area (Å²) in [6.45, 7) is 0. The Balaban J connectivity index is 3.50. The Morgan fingerprint density at radius 1 is 1.62 bits per heavy atom. The minimum Gasteiger partial charge on any atom is -0.495 e. The third kappa shape index (κ3) is 2.07. The third-order valence-electron chi connectivity index (χ3n) is 1.29. The second kappa shape index (κ2) is 3.47. The lowest BCUT2D eigenvalue weighted by molar-refractivity contribution is 0.391. The Morgan fingerprint density at radius 3 is 2.62 bits per heavy atom. The Hall–Kier alpha value is -0.880. The van der Waals surface area contributed by atoms with Crippen LogP contribution in [-0.4, -0.2) is 20.5 Å². The molecule has 0 atom stereocenters. The van der Waals surface area contributed by atoms with Gasteiger partial charge in [0.25, 0.3) is 9.05 Å². The van der Waals surface area contributed by atoms with E-state index in [1.165, 1.54) is 13.2 Å². The highest BCUT2D eigenvalue weighted by Crippen LogP contribution is 2.27. The molecule has 0 saturated heterocycles. The van der Waals surface area contributed by atoms with Gasteiger partial charge in [-0.15, -0.1) is 0 Å². The van der Waals surface area contributed by atoms with Crippen molar-refractivity contribution in [3.63, 3.8) is 0 Å². The quantitative estimate of drug-likeness (QED) is 0.560. The van der Waals surface area contributed by atoms with E-state index < -0.39 is 19.9 Å². The molecule has 0 aromatic carbocycles. The van der Waals surface area contributed by atoms with Gasteiger partial charge in [-0.2, -0.15) is 4.39 Å². The number of hydrogen-bond acceptors (Lipinski definition) is 4. The van der Waals surface area contributed by atoms with Gasteiger partial charge in [0.15, 0.2) is 4.90 Å². The van der Waals surface area contributed by atoms with Crippen LogP contribution in [0.4, 0.5) is 4.39 Å². The maximum absolute atomic E-state index is 12.9. The van der Waals surface area contributed by atoms with Gasteiger partial charge in [-0.3, -0.25) is 0 Å². The molecule has 7 heteroatoms. The second-order valence-electron chi connectivity index (χ2n) is 2.07. The van der Waals surface area contributed by atoms with Crippen molar-refractivity contribution >= 4 is 19.7 Å². The summed E-state index contributed by atoms with van der Waals surface area (Å²) in [5.74, 6) is -1.34. The molecule has 0 spiro atoms. The van der Waals surface area contributed by atoms with Crippen molar-refractivity contribution in [2.24, 2.45) is 0 Å². The Labute approximate surface area is 78.7 Å². The summed E-state index contributed by atoms with van der Waals surface area (Å²) >= 11 is 0. The summed E-state index contributed by atoms with van der Waals surface area (Å²) < 4.78 is 39.2. The molecule has 1 aromatic rings. The first-order valence-electron chi connectivity index (χ1n) is 3.10. The van der Waals surface area contributed by atoms with E-state index in [2.05, 4.69) is 9.72 Å². The fraction of sp³-hybridized carbons (Fsp3) is 0.167. The van der Waals surface area contributed by atoms with Gasteiger partial charge in [-0.25, -0.2) is 13.4 Å². The highest BCUT2D eigenvalue weighted by Gasteiger charge is 2.22. The van der Waals surface area contributed by atoms with Gasteiger partial charge in [0.05, 0.1) is 7.11 Å². The number of methoxy groups -OCH3 is 1. The number of nitrogens with zero attached hydrogens (tertiary/aromatic N) is 1. The highest BCUT2D eigenvalue weighted by atomic mass is 35.7. The van der Waals surface area contributed by atoms with Gasteiger partial charge in [-0.05, 0) is 0 Å². The van der Waals surface area contributed by atoms with Crippen LogP contribution in [0.25, 0.3) is 0 Å². The lowest BCUT2D eigenvalue weighted by Crippen LogP contribution is -2.01. The van der Waals surface area contributed by atoms with Crippen molar-refractivity contribution in [2.45, 2.75) is 4.90 Å². The number of hydrogen-bond donors (Lipinski definition) is 0. The Bertz CT molecular complexity index is 420. The second-order valence-corrected chi connectivity index (χ2v) is 4.57. The minimum atomic E-state index is -4.17. The van der Waals surface area contributed by atoms with Gasteiger partial charge in [0.2, 0.25) is 5.95 Å². The monoisotopic (exact) mass is 225 g/mol. The molecule has 0 aliphatic carbocycles. The number of pyridine rings is 1. The molecular weight excluding hydrogens is 221 g/mol. The van der Waals surface area contributed by atoms with Gasteiger partial charge in [0.1, 0.15) is 5.75 Å². The zero-order chi connectivity index (χ0) is 10.1. The van der Waals surface area contributed by atoms with Gasteiger partial charge < -0.3 is 4.74 Å². The smallest absolute Gasteiger partial charge is 0.269 e. The van der Waals surface area contributed by atoms with E-state index in [1.807, 2.05) is 0 Å². The summed E-state index contributed by atoms with van der Waals surface area (Å²) in [4.78, 5) is 2.41. The minimum absolute atomic E-state index is 0.164. The van der Waals surface area contributed by atoms with E-state index >= 15 is 0 Å².